The lowest BCUT2D eigenvalue weighted by atomic mass is 10.1. The monoisotopic (exact) mass is 419 g/mol. The van der Waals surface area contributed by atoms with Gasteiger partial charge in [-0.1, -0.05) is 18.2 Å². The summed E-state index contributed by atoms with van der Waals surface area (Å²) in [6.45, 7) is -4.48. The molecule has 29 heavy (non-hydrogen) atoms. The number of methoxy groups -OCH3 is 1. The number of carbonyl (C=O) groups is 1. The van der Waals surface area contributed by atoms with Crippen LogP contribution in [0.15, 0.2) is 42.5 Å². The number of hydrogen-bond donors (Lipinski definition) is 1. The van der Waals surface area contributed by atoms with Gasteiger partial charge in [0, 0.05) is 6.42 Å². The molecule has 0 unspecified atom stereocenters. The maximum Gasteiger partial charge on any atom is 0.422 e. The quantitative estimate of drug-likeness (QED) is 0.593. The number of anilines is 1. The van der Waals surface area contributed by atoms with E-state index in [9.17, 15) is 26.7 Å². The molecule has 0 spiro atoms. The van der Waals surface area contributed by atoms with Gasteiger partial charge in [-0.3, -0.25) is 4.79 Å². The minimum atomic E-state index is -4.48. The second kappa shape index (κ2) is 9.94. The van der Waals surface area contributed by atoms with E-state index in [1.165, 1.54) is 43.5 Å². The summed E-state index contributed by atoms with van der Waals surface area (Å²) in [5.41, 5.74) is 0.722. The summed E-state index contributed by atoms with van der Waals surface area (Å²) in [6.07, 6.45) is -4.25. The molecule has 0 heterocycles. The number of ether oxygens (including phenoxy) is 3. The highest BCUT2D eigenvalue weighted by Gasteiger charge is 2.29. The maximum absolute atomic E-state index is 12.4. The Bertz CT molecular complexity index is 826. The van der Waals surface area contributed by atoms with Crippen molar-refractivity contribution in [3.8, 4) is 17.2 Å². The van der Waals surface area contributed by atoms with E-state index in [1.54, 1.807) is 6.07 Å². The van der Waals surface area contributed by atoms with Crippen LogP contribution in [0.2, 0.25) is 0 Å². The van der Waals surface area contributed by atoms with E-state index >= 15 is 0 Å². The van der Waals surface area contributed by atoms with Crippen LogP contribution in [0.1, 0.15) is 12.0 Å². The summed E-state index contributed by atoms with van der Waals surface area (Å²) in [5, 5.41) is 2.48. The number of carbonyl (C=O) groups excluding carboxylic acids is 1. The van der Waals surface area contributed by atoms with Gasteiger partial charge in [0.05, 0.1) is 12.8 Å². The van der Waals surface area contributed by atoms with Crippen molar-refractivity contribution < 1.29 is 41.0 Å². The minimum absolute atomic E-state index is 0.00504. The first kappa shape index (κ1) is 22.3. The molecule has 0 fully saturated rings. The van der Waals surface area contributed by atoms with E-state index in [0.29, 0.717) is 5.56 Å². The molecule has 0 aliphatic carbocycles. The molecule has 0 aromatic heterocycles. The lowest BCUT2D eigenvalue weighted by molar-refractivity contribution is -0.153. The van der Waals surface area contributed by atoms with Crippen molar-refractivity contribution in [2.75, 3.05) is 19.0 Å². The van der Waals surface area contributed by atoms with Gasteiger partial charge in [-0.25, -0.2) is 0 Å². The number of amides is 1. The number of para-hydroxylation sites is 2. The van der Waals surface area contributed by atoms with Crippen molar-refractivity contribution in [3.63, 3.8) is 0 Å². The predicted molar refractivity (Wildman–Crippen MR) is 94.6 cm³/mol. The number of aryl methyl sites for hydroxylation is 1. The second-order valence-corrected chi connectivity index (χ2v) is 5.81. The summed E-state index contributed by atoms with van der Waals surface area (Å²) >= 11 is 0. The Morgan fingerprint density at radius 3 is 2.45 bits per heavy atom. The number of hydrogen-bond acceptors (Lipinski definition) is 4. The van der Waals surface area contributed by atoms with Crippen molar-refractivity contribution in [2.24, 2.45) is 0 Å². The summed E-state index contributed by atoms with van der Waals surface area (Å²) in [7, 11) is 1.28. The smallest absolute Gasteiger partial charge is 0.422 e. The lowest BCUT2D eigenvalue weighted by Gasteiger charge is -2.14. The molecule has 2 aromatic rings. The van der Waals surface area contributed by atoms with E-state index in [1.807, 2.05) is 0 Å². The molecule has 0 radical (unpaired) electrons. The Labute approximate surface area is 163 Å². The molecule has 158 valence electrons. The van der Waals surface area contributed by atoms with Gasteiger partial charge < -0.3 is 19.5 Å². The maximum atomic E-state index is 12.4. The van der Waals surface area contributed by atoms with Gasteiger partial charge in [-0.15, -0.1) is 0 Å². The van der Waals surface area contributed by atoms with Crippen LogP contribution in [-0.2, 0) is 11.2 Å². The fraction of sp³-hybridized carbons (Fsp3) is 0.316. The first-order valence-corrected chi connectivity index (χ1v) is 8.38. The molecular formula is C19H18F5NO4. The fourth-order valence-electron chi connectivity index (χ4n) is 2.39. The van der Waals surface area contributed by atoms with Crippen LogP contribution < -0.4 is 19.5 Å². The van der Waals surface area contributed by atoms with Crippen LogP contribution in [0.4, 0.5) is 27.6 Å². The predicted octanol–water partition coefficient (Wildman–Crippen LogP) is 4.81. The second-order valence-electron chi connectivity index (χ2n) is 5.81. The van der Waals surface area contributed by atoms with E-state index < -0.39 is 25.3 Å². The Morgan fingerprint density at radius 1 is 1.07 bits per heavy atom. The van der Waals surface area contributed by atoms with Crippen LogP contribution in [0, 0.1) is 0 Å². The lowest BCUT2D eigenvalue weighted by Crippen LogP contribution is -2.19. The van der Waals surface area contributed by atoms with E-state index in [2.05, 4.69) is 10.1 Å². The third kappa shape index (κ3) is 7.47. The Balaban J connectivity index is 1.96. The molecule has 10 heteroatoms. The van der Waals surface area contributed by atoms with Crippen molar-refractivity contribution in [1.82, 2.24) is 0 Å². The highest BCUT2D eigenvalue weighted by molar-refractivity contribution is 5.92. The average molecular weight is 419 g/mol. The third-order valence-corrected chi connectivity index (χ3v) is 3.64. The topological polar surface area (TPSA) is 56.8 Å². The zero-order chi connectivity index (χ0) is 21.4. The van der Waals surface area contributed by atoms with Crippen molar-refractivity contribution in [2.45, 2.75) is 25.6 Å². The highest BCUT2D eigenvalue weighted by Crippen LogP contribution is 2.30. The number of nitrogens with one attached hydrogen (secondary N) is 1. The standard InChI is InChI=1S/C19H18F5NO4/c1-27-16-10-12(6-8-15(16)28-11-19(22,23)24)7-9-17(26)25-13-4-2-3-5-14(13)29-18(20)21/h2-6,8,10,18H,7,9,11H2,1H3,(H,25,26). The number of alkyl halides is 5. The Hall–Kier alpha value is -3.04. The van der Waals surface area contributed by atoms with Crippen LogP contribution in [-0.4, -0.2) is 32.4 Å². The molecule has 0 bridgehead atoms. The first-order valence-electron chi connectivity index (χ1n) is 8.38. The fourth-order valence-corrected chi connectivity index (χ4v) is 2.39. The molecule has 1 N–H and O–H groups in total. The van der Waals surface area contributed by atoms with E-state index in [0.717, 1.165) is 0 Å². The van der Waals surface area contributed by atoms with Crippen LogP contribution in [0.25, 0.3) is 0 Å². The third-order valence-electron chi connectivity index (χ3n) is 3.64. The van der Waals surface area contributed by atoms with Gasteiger partial charge in [0.1, 0.15) is 5.75 Å². The summed E-state index contributed by atoms with van der Waals surface area (Å²) in [5.74, 6) is -0.589. The Morgan fingerprint density at radius 2 is 1.79 bits per heavy atom. The highest BCUT2D eigenvalue weighted by atomic mass is 19.4. The largest absolute Gasteiger partial charge is 0.493 e. The minimum Gasteiger partial charge on any atom is -0.493 e. The number of benzene rings is 2. The first-order chi connectivity index (χ1) is 13.7. The molecule has 0 aliphatic rings. The summed E-state index contributed by atoms with van der Waals surface area (Å²) in [6, 6.07) is 10.1. The SMILES string of the molecule is COc1cc(CCC(=O)Nc2ccccc2OC(F)F)ccc1OCC(F)(F)F. The molecule has 0 saturated heterocycles. The molecule has 1 amide bonds. The molecule has 0 atom stereocenters. The summed E-state index contributed by atoms with van der Waals surface area (Å²) in [4.78, 5) is 12.1. The van der Waals surface area contributed by atoms with E-state index in [4.69, 9.17) is 9.47 Å². The van der Waals surface area contributed by atoms with Crippen LogP contribution in [0.5, 0.6) is 17.2 Å². The molecule has 5 nitrogen and oxygen atoms in total. The van der Waals surface area contributed by atoms with Crippen molar-refractivity contribution in [1.29, 1.82) is 0 Å². The van der Waals surface area contributed by atoms with Gasteiger partial charge in [0.15, 0.2) is 18.1 Å². The van der Waals surface area contributed by atoms with Crippen LogP contribution in [0.3, 0.4) is 0 Å². The van der Waals surface area contributed by atoms with Gasteiger partial charge in [-0.2, -0.15) is 22.0 Å². The number of halogens is 5. The zero-order valence-electron chi connectivity index (χ0n) is 15.3. The van der Waals surface area contributed by atoms with Crippen molar-refractivity contribution >= 4 is 11.6 Å². The number of rotatable bonds is 9. The average Bonchev–Trinajstić information content (AvgIpc) is 2.65. The molecule has 0 saturated carbocycles. The molecular weight excluding hydrogens is 401 g/mol. The zero-order valence-corrected chi connectivity index (χ0v) is 15.3. The normalized spacial score (nSPS) is 11.3. The van der Waals surface area contributed by atoms with Gasteiger partial charge in [-0.05, 0) is 36.2 Å². The van der Waals surface area contributed by atoms with Crippen LogP contribution >= 0.6 is 0 Å². The molecule has 2 aromatic carbocycles. The van der Waals surface area contributed by atoms with Gasteiger partial charge in [0.25, 0.3) is 0 Å². The molecule has 0 aliphatic heterocycles. The van der Waals surface area contributed by atoms with Gasteiger partial charge >= 0.3 is 12.8 Å². The Kier molecular flexibility index (Phi) is 7.63. The van der Waals surface area contributed by atoms with E-state index in [-0.39, 0.29) is 35.8 Å². The van der Waals surface area contributed by atoms with Gasteiger partial charge in [0.2, 0.25) is 5.91 Å². The molecule has 2 rings (SSSR count). The van der Waals surface area contributed by atoms with Crippen molar-refractivity contribution in [3.05, 3.63) is 48.0 Å². The summed E-state index contributed by atoms with van der Waals surface area (Å²) < 4.78 is 75.7.